The molecular formula is C22H24N2O2S. The molecule has 27 heavy (non-hydrogen) atoms. The molecule has 0 saturated heterocycles. The summed E-state index contributed by atoms with van der Waals surface area (Å²) < 4.78 is 5.16. The van der Waals surface area contributed by atoms with Gasteiger partial charge in [0, 0.05) is 17.0 Å². The van der Waals surface area contributed by atoms with Gasteiger partial charge in [0.2, 0.25) is 5.91 Å². The van der Waals surface area contributed by atoms with E-state index in [2.05, 4.69) is 41.5 Å². The average molecular weight is 381 g/mol. The first-order valence-corrected chi connectivity index (χ1v) is 9.80. The van der Waals surface area contributed by atoms with E-state index in [4.69, 9.17) is 4.74 Å². The normalized spacial score (nSPS) is 10.6. The van der Waals surface area contributed by atoms with Gasteiger partial charge in [-0.25, -0.2) is 4.98 Å². The third-order valence-electron chi connectivity index (χ3n) is 4.35. The number of ether oxygens (including phenoxy) is 1. The van der Waals surface area contributed by atoms with Crippen LogP contribution in [0.15, 0.2) is 48.5 Å². The Balaban J connectivity index is 1.58. The van der Waals surface area contributed by atoms with Gasteiger partial charge >= 0.3 is 0 Å². The van der Waals surface area contributed by atoms with E-state index in [1.165, 1.54) is 11.1 Å². The lowest BCUT2D eigenvalue weighted by atomic mass is 10.1. The van der Waals surface area contributed by atoms with E-state index in [0.29, 0.717) is 13.0 Å². The molecule has 5 heteroatoms. The van der Waals surface area contributed by atoms with E-state index in [9.17, 15) is 4.79 Å². The van der Waals surface area contributed by atoms with E-state index in [0.717, 1.165) is 33.3 Å². The molecule has 0 spiro atoms. The first-order valence-electron chi connectivity index (χ1n) is 8.98. The largest absolute Gasteiger partial charge is 0.497 e. The van der Waals surface area contributed by atoms with E-state index >= 15 is 0 Å². The maximum Gasteiger partial charge on any atom is 0.225 e. The number of hydrogen-bond donors (Lipinski definition) is 1. The lowest BCUT2D eigenvalue weighted by Gasteiger charge is -2.07. The van der Waals surface area contributed by atoms with Gasteiger partial charge in [-0.05, 0) is 38.0 Å². The van der Waals surface area contributed by atoms with Crippen LogP contribution in [-0.4, -0.2) is 24.5 Å². The molecule has 0 radical (unpaired) electrons. The minimum Gasteiger partial charge on any atom is -0.497 e. The van der Waals surface area contributed by atoms with Crippen LogP contribution in [0.25, 0.3) is 11.3 Å². The molecule has 0 atom stereocenters. The lowest BCUT2D eigenvalue weighted by Crippen LogP contribution is -2.27. The van der Waals surface area contributed by atoms with Crippen LogP contribution in [0.3, 0.4) is 0 Å². The number of rotatable bonds is 7. The second-order valence-corrected chi connectivity index (χ2v) is 7.78. The molecule has 0 aliphatic carbocycles. The molecule has 0 aliphatic heterocycles. The maximum atomic E-state index is 12.4. The third-order valence-corrected chi connectivity index (χ3v) is 5.32. The first-order chi connectivity index (χ1) is 13.0. The summed E-state index contributed by atoms with van der Waals surface area (Å²) in [6, 6.07) is 16.2. The first kappa shape index (κ1) is 19.1. The second-order valence-electron chi connectivity index (χ2n) is 6.50. The quantitative estimate of drug-likeness (QED) is 0.663. The van der Waals surface area contributed by atoms with Gasteiger partial charge in [-0.3, -0.25) is 4.79 Å². The number of benzene rings is 2. The minimum absolute atomic E-state index is 0.0283. The second kappa shape index (κ2) is 8.82. The zero-order chi connectivity index (χ0) is 19.2. The Morgan fingerprint density at radius 1 is 1.07 bits per heavy atom. The molecule has 1 amide bonds. The number of aromatic nitrogens is 1. The summed E-state index contributed by atoms with van der Waals surface area (Å²) in [4.78, 5) is 18.0. The molecular weight excluding hydrogens is 356 g/mol. The Morgan fingerprint density at radius 3 is 2.44 bits per heavy atom. The van der Waals surface area contributed by atoms with Crippen LogP contribution in [0, 0.1) is 13.8 Å². The molecule has 1 aromatic heterocycles. The van der Waals surface area contributed by atoms with Crippen LogP contribution in [0.2, 0.25) is 0 Å². The molecule has 0 bridgehead atoms. The number of nitrogens with zero attached hydrogens (tertiary/aromatic N) is 1. The minimum atomic E-state index is 0.0283. The van der Waals surface area contributed by atoms with Gasteiger partial charge in [-0.1, -0.05) is 42.0 Å². The Hall–Kier alpha value is -2.66. The molecule has 0 aliphatic rings. The molecule has 4 nitrogen and oxygen atoms in total. The average Bonchev–Trinajstić information content (AvgIpc) is 3.03. The fourth-order valence-corrected chi connectivity index (χ4v) is 3.83. The number of methoxy groups -OCH3 is 1. The van der Waals surface area contributed by atoms with Gasteiger partial charge in [-0.2, -0.15) is 0 Å². The van der Waals surface area contributed by atoms with Crippen molar-refractivity contribution in [1.29, 1.82) is 0 Å². The highest BCUT2D eigenvalue weighted by Gasteiger charge is 2.14. The lowest BCUT2D eigenvalue weighted by molar-refractivity contribution is -0.120. The number of amides is 1. The predicted octanol–water partition coefficient (Wildman–Crippen LogP) is 4.34. The van der Waals surface area contributed by atoms with Crippen molar-refractivity contribution in [1.82, 2.24) is 10.3 Å². The molecule has 0 saturated carbocycles. The summed E-state index contributed by atoms with van der Waals surface area (Å²) in [6.45, 7) is 4.66. The number of carbonyl (C=O) groups is 1. The highest BCUT2D eigenvalue weighted by Crippen LogP contribution is 2.28. The smallest absolute Gasteiger partial charge is 0.225 e. The number of hydrogen-bond acceptors (Lipinski definition) is 4. The van der Waals surface area contributed by atoms with E-state index in [1.54, 1.807) is 18.4 Å². The highest BCUT2D eigenvalue weighted by molar-refractivity contribution is 7.12. The molecule has 140 valence electrons. The van der Waals surface area contributed by atoms with Gasteiger partial charge in [-0.15, -0.1) is 11.3 Å². The predicted molar refractivity (Wildman–Crippen MR) is 110 cm³/mol. The van der Waals surface area contributed by atoms with Crippen LogP contribution >= 0.6 is 11.3 Å². The van der Waals surface area contributed by atoms with Crippen LogP contribution in [-0.2, 0) is 17.6 Å². The standard InChI is InChI=1S/C22H24N2O2S/c1-15-4-8-18(9-5-15)22-20(27-16(2)24-22)14-21(25)23-13-12-17-6-10-19(26-3)11-7-17/h4-11H,12-14H2,1-3H3,(H,23,25). The summed E-state index contributed by atoms with van der Waals surface area (Å²) in [5.74, 6) is 0.868. The number of carbonyl (C=O) groups excluding carboxylic acids is 1. The van der Waals surface area contributed by atoms with Crippen molar-refractivity contribution in [3.8, 4) is 17.0 Å². The Morgan fingerprint density at radius 2 is 1.78 bits per heavy atom. The Bertz CT molecular complexity index is 899. The third kappa shape index (κ3) is 5.17. The zero-order valence-electron chi connectivity index (χ0n) is 15.9. The topological polar surface area (TPSA) is 51.2 Å². The number of aryl methyl sites for hydroxylation is 2. The highest BCUT2D eigenvalue weighted by atomic mass is 32.1. The molecule has 3 aromatic rings. The van der Waals surface area contributed by atoms with Gasteiger partial charge in [0.25, 0.3) is 0 Å². The van der Waals surface area contributed by atoms with Crippen molar-refractivity contribution < 1.29 is 9.53 Å². The zero-order valence-corrected chi connectivity index (χ0v) is 16.7. The van der Waals surface area contributed by atoms with Crippen molar-refractivity contribution in [3.63, 3.8) is 0 Å². The van der Waals surface area contributed by atoms with Crippen molar-refractivity contribution in [2.24, 2.45) is 0 Å². The van der Waals surface area contributed by atoms with E-state index < -0.39 is 0 Å². The van der Waals surface area contributed by atoms with Crippen molar-refractivity contribution in [2.75, 3.05) is 13.7 Å². The monoisotopic (exact) mass is 380 g/mol. The fraction of sp³-hybridized carbons (Fsp3) is 0.273. The van der Waals surface area contributed by atoms with Crippen LogP contribution in [0.5, 0.6) is 5.75 Å². The summed E-state index contributed by atoms with van der Waals surface area (Å²) in [7, 11) is 1.65. The number of thiazole rings is 1. The summed E-state index contributed by atoms with van der Waals surface area (Å²) in [6.07, 6.45) is 1.15. The summed E-state index contributed by atoms with van der Waals surface area (Å²) in [5.41, 5.74) is 4.36. The Labute approximate surface area is 164 Å². The molecule has 0 unspecified atom stereocenters. The van der Waals surface area contributed by atoms with Gasteiger partial charge in [0.1, 0.15) is 5.75 Å². The van der Waals surface area contributed by atoms with Crippen molar-refractivity contribution >= 4 is 17.2 Å². The van der Waals surface area contributed by atoms with Gasteiger partial charge in [0.05, 0.1) is 24.2 Å². The van der Waals surface area contributed by atoms with Crippen molar-refractivity contribution in [3.05, 3.63) is 69.5 Å². The summed E-state index contributed by atoms with van der Waals surface area (Å²) in [5, 5.41) is 3.99. The fourth-order valence-electron chi connectivity index (χ4n) is 2.87. The number of nitrogens with one attached hydrogen (secondary N) is 1. The van der Waals surface area contributed by atoms with E-state index in [1.807, 2.05) is 31.2 Å². The molecule has 3 rings (SSSR count). The molecule has 1 heterocycles. The van der Waals surface area contributed by atoms with Gasteiger partial charge in [0.15, 0.2) is 0 Å². The SMILES string of the molecule is COc1ccc(CCNC(=O)Cc2sc(C)nc2-c2ccc(C)cc2)cc1. The maximum absolute atomic E-state index is 12.4. The van der Waals surface area contributed by atoms with Crippen molar-refractivity contribution in [2.45, 2.75) is 26.7 Å². The summed E-state index contributed by atoms with van der Waals surface area (Å²) >= 11 is 1.59. The van der Waals surface area contributed by atoms with E-state index in [-0.39, 0.29) is 5.91 Å². The van der Waals surface area contributed by atoms with Crippen LogP contribution < -0.4 is 10.1 Å². The Kier molecular flexibility index (Phi) is 6.24. The molecule has 1 N–H and O–H groups in total. The molecule has 2 aromatic carbocycles. The van der Waals surface area contributed by atoms with Crippen LogP contribution in [0.4, 0.5) is 0 Å². The van der Waals surface area contributed by atoms with Crippen LogP contribution in [0.1, 0.15) is 21.0 Å². The molecule has 0 fully saturated rings. The van der Waals surface area contributed by atoms with Gasteiger partial charge < -0.3 is 10.1 Å².